The van der Waals surface area contributed by atoms with Crippen molar-refractivity contribution in [2.24, 2.45) is 0 Å². The Morgan fingerprint density at radius 3 is 2.65 bits per heavy atom. The maximum Gasteiger partial charge on any atom is 0.219 e. The highest BCUT2D eigenvalue weighted by atomic mass is 16.5. The number of ether oxygens (including phenoxy) is 2. The second-order valence-electron chi connectivity index (χ2n) is 5.57. The van der Waals surface area contributed by atoms with Gasteiger partial charge in [-0.15, -0.1) is 0 Å². The van der Waals surface area contributed by atoms with E-state index in [9.17, 15) is 0 Å². The first kappa shape index (κ1) is 15.3. The number of benzene rings is 1. The third-order valence-corrected chi connectivity index (χ3v) is 3.91. The van der Waals surface area contributed by atoms with Crippen molar-refractivity contribution in [3.63, 3.8) is 0 Å². The number of nitrogens with zero attached hydrogens (tertiary/aromatic N) is 3. The van der Waals surface area contributed by atoms with Crippen molar-refractivity contribution in [1.82, 2.24) is 9.88 Å². The number of likely N-dealkylation sites (tertiary alicyclic amines) is 1. The van der Waals surface area contributed by atoms with Gasteiger partial charge in [0, 0.05) is 18.8 Å². The van der Waals surface area contributed by atoms with Crippen molar-refractivity contribution in [3.8, 4) is 23.4 Å². The number of rotatable bonds is 5. The lowest BCUT2D eigenvalue weighted by Gasteiger charge is -2.16. The molecule has 23 heavy (non-hydrogen) atoms. The van der Waals surface area contributed by atoms with E-state index in [1.165, 1.54) is 24.6 Å². The van der Waals surface area contributed by atoms with Crippen LogP contribution in [0.2, 0.25) is 0 Å². The van der Waals surface area contributed by atoms with Gasteiger partial charge in [-0.1, -0.05) is 6.07 Å². The summed E-state index contributed by atoms with van der Waals surface area (Å²) in [5.41, 5.74) is 1.70. The molecule has 1 aromatic heterocycles. The van der Waals surface area contributed by atoms with Gasteiger partial charge < -0.3 is 9.47 Å². The Morgan fingerprint density at radius 1 is 1.17 bits per heavy atom. The molecule has 1 saturated heterocycles. The first-order chi connectivity index (χ1) is 11.3. The fourth-order valence-electron chi connectivity index (χ4n) is 2.72. The number of nitriles is 1. The Hall–Kier alpha value is -2.58. The summed E-state index contributed by atoms with van der Waals surface area (Å²) in [6.07, 6.45) is 4.04. The minimum atomic E-state index is 0.445. The number of aromatic nitrogens is 1. The summed E-state index contributed by atoms with van der Waals surface area (Å²) < 4.78 is 11.2. The normalized spacial score (nSPS) is 14.4. The molecule has 1 aliphatic heterocycles. The zero-order valence-electron chi connectivity index (χ0n) is 13.2. The zero-order chi connectivity index (χ0) is 16.1. The van der Waals surface area contributed by atoms with Crippen LogP contribution in [-0.4, -0.2) is 30.1 Å². The van der Waals surface area contributed by atoms with Crippen LogP contribution in [0.1, 0.15) is 24.0 Å². The average molecular weight is 309 g/mol. The maximum atomic E-state index is 8.82. The minimum Gasteiger partial charge on any atom is -0.493 e. The van der Waals surface area contributed by atoms with Crippen LogP contribution in [0.25, 0.3) is 0 Å². The van der Waals surface area contributed by atoms with E-state index in [0.29, 0.717) is 22.9 Å². The number of pyridine rings is 1. The van der Waals surface area contributed by atoms with Crippen LogP contribution in [0.5, 0.6) is 17.4 Å². The molecule has 0 bridgehead atoms. The Morgan fingerprint density at radius 2 is 2.00 bits per heavy atom. The fraction of sp³-hybridized carbons (Fsp3) is 0.333. The van der Waals surface area contributed by atoms with Crippen molar-refractivity contribution in [3.05, 3.63) is 47.7 Å². The van der Waals surface area contributed by atoms with Gasteiger partial charge in [0.2, 0.25) is 5.88 Å². The lowest BCUT2D eigenvalue weighted by atomic mass is 10.2. The van der Waals surface area contributed by atoms with Gasteiger partial charge in [-0.3, -0.25) is 4.90 Å². The van der Waals surface area contributed by atoms with Crippen molar-refractivity contribution in [1.29, 1.82) is 5.26 Å². The third-order valence-electron chi connectivity index (χ3n) is 3.91. The van der Waals surface area contributed by atoms with Gasteiger partial charge in [0.05, 0.1) is 12.7 Å². The maximum absolute atomic E-state index is 8.82. The molecular weight excluding hydrogens is 290 g/mol. The van der Waals surface area contributed by atoms with Gasteiger partial charge in [-0.2, -0.15) is 5.26 Å². The molecule has 0 saturated carbocycles. The van der Waals surface area contributed by atoms with Crippen LogP contribution in [0, 0.1) is 11.3 Å². The van der Waals surface area contributed by atoms with E-state index in [0.717, 1.165) is 19.6 Å². The Labute approximate surface area is 136 Å². The van der Waals surface area contributed by atoms with E-state index >= 15 is 0 Å². The molecule has 1 aliphatic rings. The van der Waals surface area contributed by atoms with Crippen molar-refractivity contribution in [2.75, 3.05) is 20.2 Å². The van der Waals surface area contributed by atoms with Gasteiger partial charge in [-0.25, -0.2) is 4.98 Å². The zero-order valence-corrected chi connectivity index (χ0v) is 13.2. The van der Waals surface area contributed by atoms with Crippen LogP contribution >= 0.6 is 0 Å². The summed E-state index contributed by atoms with van der Waals surface area (Å²) in [7, 11) is 1.62. The molecule has 0 spiro atoms. The monoisotopic (exact) mass is 309 g/mol. The first-order valence-electron chi connectivity index (χ1n) is 7.72. The fourth-order valence-corrected chi connectivity index (χ4v) is 2.72. The number of methoxy groups -OCH3 is 1. The smallest absolute Gasteiger partial charge is 0.219 e. The minimum absolute atomic E-state index is 0.445. The highest BCUT2D eigenvalue weighted by molar-refractivity contribution is 5.45. The molecule has 0 unspecified atom stereocenters. The van der Waals surface area contributed by atoms with E-state index < -0.39 is 0 Å². The Kier molecular flexibility index (Phi) is 4.74. The molecule has 0 aliphatic carbocycles. The van der Waals surface area contributed by atoms with Crippen LogP contribution in [0.4, 0.5) is 0 Å². The molecule has 0 amide bonds. The predicted octanol–water partition coefficient (Wildman–Crippen LogP) is 3.35. The molecule has 0 radical (unpaired) electrons. The molecule has 5 nitrogen and oxygen atoms in total. The number of hydrogen-bond acceptors (Lipinski definition) is 5. The van der Waals surface area contributed by atoms with Gasteiger partial charge in [0.15, 0.2) is 11.5 Å². The average Bonchev–Trinajstić information content (AvgIpc) is 3.09. The van der Waals surface area contributed by atoms with Gasteiger partial charge in [0.25, 0.3) is 0 Å². The molecule has 2 aromatic rings. The standard InChI is InChI=1S/C18H19N3O2/c1-22-16-6-4-14(13-21-8-2-3-9-21)10-17(16)23-18-7-5-15(11-19)12-20-18/h4-7,10,12H,2-3,8-9,13H2,1H3. The summed E-state index contributed by atoms with van der Waals surface area (Å²) in [6.45, 7) is 3.22. The van der Waals surface area contributed by atoms with Crippen LogP contribution in [-0.2, 0) is 6.54 Å². The molecule has 3 rings (SSSR count). The molecule has 0 atom stereocenters. The predicted molar refractivity (Wildman–Crippen MR) is 86.5 cm³/mol. The molecular formula is C18H19N3O2. The van der Waals surface area contributed by atoms with E-state index in [4.69, 9.17) is 14.7 Å². The van der Waals surface area contributed by atoms with Crippen molar-refractivity contribution < 1.29 is 9.47 Å². The summed E-state index contributed by atoms with van der Waals surface area (Å²) in [5, 5.41) is 8.82. The molecule has 0 N–H and O–H groups in total. The Bertz CT molecular complexity index is 701. The topological polar surface area (TPSA) is 58.4 Å². The highest BCUT2D eigenvalue weighted by Gasteiger charge is 2.14. The SMILES string of the molecule is COc1ccc(CN2CCCC2)cc1Oc1ccc(C#N)cn1. The molecule has 118 valence electrons. The molecule has 5 heteroatoms. The van der Waals surface area contributed by atoms with Crippen molar-refractivity contribution in [2.45, 2.75) is 19.4 Å². The van der Waals surface area contributed by atoms with E-state index in [1.807, 2.05) is 18.2 Å². The third kappa shape index (κ3) is 3.79. The summed E-state index contributed by atoms with van der Waals surface area (Å²) >= 11 is 0. The van der Waals surface area contributed by atoms with Crippen LogP contribution in [0.3, 0.4) is 0 Å². The largest absolute Gasteiger partial charge is 0.493 e. The van der Waals surface area contributed by atoms with Gasteiger partial charge >= 0.3 is 0 Å². The lowest BCUT2D eigenvalue weighted by molar-refractivity contribution is 0.329. The Balaban J connectivity index is 1.79. The summed E-state index contributed by atoms with van der Waals surface area (Å²) in [5.74, 6) is 1.75. The molecule has 1 aromatic carbocycles. The second-order valence-corrected chi connectivity index (χ2v) is 5.57. The van der Waals surface area contributed by atoms with Gasteiger partial charge in [0.1, 0.15) is 6.07 Å². The van der Waals surface area contributed by atoms with E-state index in [-0.39, 0.29) is 0 Å². The lowest BCUT2D eigenvalue weighted by Crippen LogP contribution is -2.18. The summed E-state index contributed by atoms with van der Waals surface area (Å²) in [4.78, 5) is 6.58. The van der Waals surface area contributed by atoms with Gasteiger partial charge in [-0.05, 0) is 49.7 Å². The molecule has 1 fully saturated rings. The second kappa shape index (κ2) is 7.12. The summed E-state index contributed by atoms with van der Waals surface area (Å²) in [6, 6.07) is 11.4. The number of hydrogen-bond donors (Lipinski definition) is 0. The van der Waals surface area contributed by atoms with Crippen LogP contribution < -0.4 is 9.47 Å². The highest BCUT2D eigenvalue weighted by Crippen LogP contribution is 2.32. The first-order valence-corrected chi connectivity index (χ1v) is 7.72. The van der Waals surface area contributed by atoms with Crippen molar-refractivity contribution >= 4 is 0 Å². The molecule has 2 heterocycles. The quantitative estimate of drug-likeness (QED) is 0.847. The van der Waals surface area contributed by atoms with E-state index in [2.05, 4.69) is 16.0 Å². The van der Waals surface area contributed by atoms with Crippen LogP contribution in [0.15, 0.2) is 36.5 Å². The van der Waals surface area contributed by atoms with E-state index in [1.54, 1.807) is 19.2 Å².